The van der Waals surface area contributed by atoms with E-state index in [1.807, 2.05) is 12.1 Å². The molecule has 3 rings (SSSR count). The van der Waals surface area contributed by atoms with Gasteiger partial charge in [0.05, 0.1) is 12.3 Å². The molecule has 1 aromatic heterocycles. The summed E-state index contributed by atoms with van der Waals surface area (Å²) in [4.78, 5) is 12.5. The van der Waals surface area contributed by atoms with Crippen molar-refractivity contribution in [3.05, 3.63) is 40.7 Å². The second-order valence-corrected chi connectivity index (χ2v) is 6.10. The first-order valence-electron chi connectivity index (χ1n) is 7.69. The van der Waals surface area contributed by atoms with E-state index in [0.717, 1.165) is 31.4 Å². The molecule has 1 aliphatic rings. The van der Waals surface area contributed by atoms with E-state index in [-0.39, 0.29) is 18.6 Å². The number of ether oxygens (including phenoxy) is 1. The van der Waals surface area contributed by atoms with Crippen LogP contribution in [0.1, 0.15) is 41.9 Å². The summed E-state index contributed by atoms with van der Waals surface area (Å²) in [6, 6.07) is 7.43. The summed E-state index contributed by atoms with van der Waals surface area (Å²) in [7, 11) is 1.58. The molecule has 1 heterocycles. The van der Waals surface area contributed by atoms with Gasteiger partial charge in [-0.25, -0.2) is 4.68 Å². The van der Waals surface area contributed by atoms with Gasteiger partial charge in [0.15, 0.2) is 5.69 Å². The van der Waals surface area contributed by atoms with Crippen LogP contribution < -0.4 is 5.32 Å². The van der Waals surface area contributed by atoms with Crippen molar-refractivity contribution in [3.63, 3.8) is 0 Å². The molecule has 0 unspecified atom stereocenters. The SMILES string of the molecule is COCc1c(C(=O)NC2CCCC2)nnn1-c1ccc(Cl)cc1. The molecule has 0 radical (unpaired) electrons. The topological polar surface area (TPSA) is 69.0 Å². The number of carbonyl (C=O) groups is 1. The van der Waals surface area contributed by atoms with Crippen LogP contribution in [0.3, 0.4) is 0 Å². The van der Waals surface area contributed by atoms with Crippen LogP contribution in [0.25, 0.3) is 5.69 Å². The van der Waals surface area contributed by atoms with E-state index >= 15 is 0 Å². The van der Waals surface area contributed by atoms with Crippen molar-refractivity contribution in [2.75, 3.05) is 7.11 Å². The second-order valence-electron chi connectivity index (χ2n) is 5.66. The molecule has 0 aliphatic heterocycles. The molecule has 1 aliphatic carbocycles. The predicted octanol–water partition coefficient (Wildman–Crippen LogP) is 2.74. The van der Waals surface area contributed by atoms with E-state index in [1.165, 1.54) is 0 Å². The van der Waals surface area contributed by atoms with E-state index < -0.39 is 0 Å². The molecule has 0 saturated heterocycles. The summed E-state index contributed by atoms with van der Waals surface area (Å²) in [5, 5.41) is 11.9. The molecule has 2 aromatic rings. The van der Waals surface area contributed by atoms with Gasteiger partial charge in [0, 0.05) is 18.2 Å². The molecule has 0 atom stereocenters. The molecule has 7 heteroatoms. The van der Waals surface area contributed by atoms with Gasteiger partial charge in [0.1, 0.15) is 5.69 Å². The number of halogens is 1. The summed E-state index contributed by atoms with van der Waals surface area (Å²) in [5.41, 5.74) is 1.73. The van der Waals surface area contributed by atoms with Crippen LogP contribution in [0, 0.1) is 0 Å². The third-order valence-corrected chi connectivity index (χ3v) is 4.27. The van der Waals surface area contributed by atoms with E-state index in [1.54, 1.807) is 23.9 Å². The highest BCUT2D eigenvalue weighted by molar-refractivity contribution is 6.30. The number of nitrogens with one attached hydrogen (secondary N) is 1. The third-order valence-electron chi connectivity index (χ3n) is 4.02. The van der Waals surface area contributed by atoms with Gasteiger partial charge in [-0.2, -0.15) is 0 Å². The van der Waals surface area contributed by atoms with Gasteiger partial charge in [-0.05, 0) is 37.1 Å². The first-order chi connectivity index (χ1) is 11.2. The molecule has 1 fully saturated rings. The summed E-state index contributed by atoms with van der Waals surface area (Å²) >= 11 is 5.92. The number of methoxy groups -OCH3 is 1. The quantitative estimate of drug-likeness (QED) is 0.912. The number of hydrogen-bond acceptors (Lipinski definition) is 4. The Morgan fingerprint density at radius 3 is 2.70 bits per heavy atom. The van der Waals surface area contributed by atoms with Crippen molar-refractivity contribution in [2.45, 2.75) is 38.3 Å². The van der Waals surface area contributed by atoms with Crippen LogP contribution in [0.5, 0.6) is 0 Å². The minimum absolute atomic E-state index is 0.191. The maximum Gasteiger partial charge on any atom is 0.274 e. The van der Waals surface area contributed by atoms with E-state index in [0.29, 0.717) is 16.4 Å². The molecule has 0 spiro atoms. The molecular weight excluding hydrogens is 316 g/mol. The van der Waals surface area contributed by atoms with E-state index in [2.05, 4.69) is 15.6 Å². The smallest absolute Gasteiger partial charge is 0.274 e. The zero-order valence-electron chi connectivity index (χ0n) is 13.0. The standard InChI is InChI=1S/C16H19ClN4O2/c1-23-10-14-15(16(22)18-12-4-2-3-5-12)19-20-21(14)13-8-6-11(17)7-9-13/h6-9,12H,2-5,10H2,1H3,(H,18,22). The lowest BCUT2D eigenvalue weighted by molar-refractivity contribution is 0.0927. The van der Waals surface area contributed by atoms with Crippen LogP contribution in [0.15, 0.2) is 24.3 Å². The maximum absolute atomic E-state index is 12.5. The number of hydrogen-bond donors (Lipinski definition) is 1. The molecule has 122 valence electrons. The number of nitrogens with zero attached hydrogens (tertiary/aromatic N) is 3. The zero-order valence-corrected chi connectivity index (χ0v) is 13.7. The number of benzene rings is 1. The summed E-state index contributed by atoms with van der Waals surface area (Å²) in [6.07, 6.45) is 4.37. The van der Waals surface area contributed by atoms with Crippen LogP contribution >= 0.6 is 11.6 Å². The molecule has 6 nitrogen and oxygen atoms in total. The fraction of sp³-hybridized carbons (Fsp3) is 0.438. The first-order valence-corrected chi connectivity index (χ1v) is 8.07. The van der Waals surface area contributed by atoms with Gasteiger partial charge in [-0.1, -0.05) is 29.7 Å². The van der Waals surface area contributed by atoms with Crippen LogP contribution in [-0.4, -0.2) is 34.1 Å². The van der Waals surface area contributed by atoms with E-state index in [9.17, 15) is 4.79 Å². The fourth-order valence-corrected chi connectivity index (χ4v) is 2.98. The predicted molar refractivity (Wildman–Crippen MR) is 86.8 cm³/mol. The summed E-state index contributed by atoms with van der Waals surface area (Å²) in [6.45, 7) is 0.253. The number of aromatic nitrogens is 3. The lowest BCUT2D eigenvalue weighted by Crippen LogP contribution is -2.33. The van der Waals surface area contributed by atoms with Gasteiger partial charge < -0.3 is 10.1 Å². The summed E-state index contributed by atoms with van der Waals surface area (Å²) < 4.78 is 6.84. The van der Waals surface area contributed by atoms with Crippen molar-refractivity contribution >= 4 is 17.5 Å². The average Bonchev–Trinajstić information content (AvgIpc) is 3.18. The lowest BCUT2D eigenvalue weighted by atomic mass is 10.2. The van der Waals surface area contributed by atoms with Gasteiger partial charge in [0.25, 0.3) is 5.91 Å². The normalized spacial score (nSPS) is 15.0. The fourth-order valence-electron chi connectivity index (χ4n) is 2.86. The van der Waals surface area contributed by atoms with Crippen molar-refractivity contribution in [1.29, 1.82) is 0 Å². The van der Waals surface area contributed by atoms with Crippen molar-refractivity contribution in [2.24, 2.45) is 0 Å². The van der Waals surface area contributed by atoms with Gasteiger partial charge in [-0.15, -0.1) is 5.10 Å². The second kappa shape index (κ2) is 7.10. The number of amides is 1. The van der Waals surface area contributed by atoms with E-state index in [4.69, 9.17) is 16.3 Å². The summed E-state index contributed by atoms with van der Waals surface area (Å²) in [5.74, 6) is -0.191. The Kier molecular flexibility index (Phi) is 4.93. The Hall–Kier alpha value is -1.92. The number of carbonyl (C=O) groups excluding carboxylic acids is 1. The van der Waals surface area contributed by atoms with Crippen molar-refractivity contribution in [1.82, 2.24) is 20.3 Å². The lowest BCUT2D eigenvalue weighted by Gasteiger charge is -2.11. The van der Waals surface area contributed by atoms with Gasteiger partial charge in [0.2, 0.25) is 0 Å². The number of rotatable bonds is 5. The van der Waals surface area contributed by atoms with Crippen LogP contribution in [0.4, 0.5) is 0 Å². The first kappa shape index (κ1) is 16.0. The third kappa shape index (κ3) is 3.54. The Balaban J connectivity index is 1.88. The zero-order chi connectivity index (χ0) is 16.2. The Bertz CT molecular complexity index is 678. The maximum atomic E-state index is 12.5. The van der Waals surface area contributed by atoms with Gasteiger partial charge >= 0.3 is 0 Å². The van der Waals surface area contributed by atoms with Crippen LogP contribution in [0.2, 0.25) is 5.02 Å². The average molecular weight is 335 g/mol. The Morgan fingerprint density at radius 1 is 1.35 bits per heavy atom. The monoisotopic (exact) mass is 334 g/mol. The highest BCUT2D eigenvalue weighted by Gasteiger charge is 2.24. The molecule has 0 bridgehead atoms. The Labute approximate surface area is 139 Å². The molecule has 1 aromatic carbocycles. The highest BCUT2D eigenvalue weighted by atomic mass is 35.5. The molecule has 1 N–H and O–H groups in total. The minimum atomic E-state index is -0.191. The largest absolute Gasteiger partial charge is 0.378 e. The van der Waals surface area contributed by atoms with Crippen LogP contribution in [-0.2, 0) is 11.3 Å². The Morgan fingerprint density at radius 2 is 2.04 bits per heavy atom. The van der Waals surface area contributed by atoms with Crippen molar-refractivity contribution in [3.8, 4) is 5.69 Å². The molecule has 23 heavy (non-hydrogen) atoms. The molecule has 1 amide bonds. The minimum Gasteiger partial charge on any atom is -0.378 e. The van der Waals surface area contributed by atoms with Crippen molar-refractivity contribution < 1.29 is 9.53 Å². The molecule has 1 saturated carbocycles. The highest BCUT2D eigenvalue weighted by Crippen LogP contribution is 2.20. The molecular formula is C16H19ClN4O2. The van der Waals surface area contributed by atoms with Gasteiger partial charge in [-0.3, -0.25) is 4.79 Å².